The van der Waals surface area contributed by atoms with E-state index in [1.54, 1.807) is 0 Å². The normalized spacial score (nSPS) is 14.9. The minimum atomic E-state index is -0.0961. The first-order valence-corrected chi connectivity index (χ1v) is 10.9. The quantitative estimate of drug-likeness (QED) is 0.634. The summed E-state index contributed by atoms with van der Waals surface area (Å²) in [4.78, 5) is 18.8. The molecule has 0 atom stereocenters. The van der Waals surface area contributed by atoms with Gasteiger partial charge < -0.3 is 20.1 Å². The molecule has 6 nitrogen and oxygen atoms in total. The zero-order valence-corrected chi connectivity index (χ0v) is 17.9. The summed E-state index contributed by atoms with van der Waals surface area (Å²) in [6.45, 7) is 5.08. The Balaban J connectivity index is 1.34. The molecular formula is C23H35N5O. The van der Waals surface area contributed by atoms with E-state index in [-0.39, 0.29) is 6.03 Å². The molecule has 1 saturated carbocycles. The number of carbonyl (C=O) groups is 1. The lowest BCUT2D eigenvalue weighted by atomic mass is 9.94. The van der Waals surface area contributed by atoms with Crippen LogP contribution in [0.5, 0.6) is 0 Å². The summed E-state index contributed by atoms with van der Waals surface area (Å²) < 4.78 is 2.11. The lowest BCUT2D eigenvalue weighted by Gasteiger charge is -2.31. The van der Waals surface area contributed by atoms with Crippen LogP contribution in [0.1, 0.15) is 55.5 Å². The number of rotatable bonds is 9. The number of urea groups is 1. The standard InChI is InChI=1S/C23H35N5O/c1-19-24-13-15-28(19)18-21-9-6-8-20(16-21)17-26-23(29)25-12-7-14-27(2)22-10-4-3-5-11-22/h6,8-9,13,15-16,22H,3-5,7,10-12,14,17-18H2,1-2H3,(H2,25,26,29). The highest BCUT2D eigenvalue weighted by atomic mass is 16.2. The largest absolute Gasteiger partial charge is 0.338 e. The van der Waals surface area contributed by atoms with E-state index < -0.39 is 0 Å². The Bertz CT molecular complexity index is 766. The van der Waals surface area contributed by atoms with Gasteiger partial charge in [-0.1, -0.05) is 43.5 Å². The number of imidazole rings is 1. The Hall–Kier alpha value is -2.34. The zero-order valence-electron chi connectivity index (χ0n) is 17.9. The number of hydrogen-bond acceptors (Lipinski definition) is 3. The van der Waals surface area contributed by atoms with Gasteiger partial charge in [0.05, 0.1) is 0 Å². The van der Waals surface area contributed by atoms with Crippen molar-refractivity contribution in [3.8, 4) is 0 Å². The number of nitrogens with one attached hydrogen (secondary N) is 2. The third-order valence-electron chi connectivity index (χ3n) is 5.89. The van der Waals surface area contributed by atoms with Crippen molar-refractivity contribution in [3.05, 3.63) is 53.6 Å². The van der Waals surface area contributed by atoms with Crippen LogP contribution in [-0.2, 0) is 13.1 Å². The summed E-state index contributed by atoms with van der Waals surface area (Å²) in [6, 6.07) is 8.96. The molecule has 0 radical (unpaired) electrons. The van der Waals surface area contributed by atoms with Crippen LogP contribution < -0.4 is 10.6 Å². The first-order valence-electron chi connectivity index (χ1n) is 10.9. The van der Waals surface area contributed by atoms with Crippen molar-refractivity contribution in [3.63, 3.8) is 0 Å². The summed E-state index contributed by atoms with van der Waals surface area (Å²) in [5.41, 5.74) is 2.31. The van der Waals surface area contributed by atoms with E-state index in [0.717, 1.165) is 36.9 Å². The van der Waals surface area contributed by atoms with Crippen LogP contribution in [-0.4, -0.2) is 46.7 Å². The molecule has 158 valence electrons. The Morgan fingerprint density at radius 2 is 2.00 bits per heavy atom. The molecule has 3 rings (SSSR count). The molecule has 1 heterocycles. The maximum absolute atomic E-state index is 12.1. The molecule has 1 aromatic heterocycles. The second-order valence-corrected chi connectivity index (χ2v) is 8.16. The van der Waals surface area contributed by atoms with E-state index in [0.29, 0.717) is 13.1 Å². The fourth-order valence-corrected chi connectivity index (χ4v) is 4.09. The Kier molecular flexibility index (Phi) is 8.11. The van der Waals surface area contributed by atoms with Crippen LogP contribution in [0, 0.1) is 6.92 Å². The molecule has 1 aliphatic rings. The van der Waals surface area contributed by atoms with Gasteiger partial charge in [0, 0.05) is 38.1 Å². The number of carbonyl (C=O) groups excluding carboxylic acids is 1. The van der Waals surface area contributed by atoms with Crippen molar-refractivity contribution >= 4 is 6.03 Å². The summed E-state index contributed by atoms with van der Waals surface area (Å²) in [5.74, 6) is 1.00. The van der Waals surface area contributed by atoms with Gasteiger partial charge in [-0.3, -0.25) is 0 Å². The molecule has 6 heteroatoms. The molecule has 1 aliphatic carbocycles. The predicted octanol–water partition coefficient (Wildman–Crippen LogP) is 3.69. The van der Waals surface area contributed by atoms with Gasteiger partial charge in [-0.2, -0.15) is 0 Å². The molecule has 2 amide bonds. The number of aryl methyl sites for hydroxylation is 1. The van der Waals surface area contributed by atoms with Crippen molar-refractivity contribution < 1.29 is 4.79 Å². The lowest BCUT2D eigenvalue weighted by Crippen LogP contribution is -2.38. The molecule has 2 N–H and O–H groups in total. The Labute approximate surface area is 174 Å². The van der Waals surface area contributed by atoms with Crippen molar-refractivity contribution in [2.75, 3.05) is 20.1 Å². The number of benzene rings is 1. The summed E-state index contributed by atoms with van der Waals surface area (Å²) in [5, 5.41) is 5.95. The molecule has 0 bridgehead atoms. The first-order chi connectivity index (χ1) is 14.1. The van der Waals surface area contributed by atoms with Crippen LogP contribution in [0.25, 0.3) is 0 Å². The van der Waals surface area contributed by atoms with Crippen LogP contribution in [0.3, 0.4) is 0 Å². The van der Waals surface area contributed by atoms with Gasteiger partial charge in [-0.15, -0.1) is 0 Å². The maximum atomic E-state index is 12.1. The topological polar surface area (TPSA) is 62.2 Å². The van der Waals surface area contributed by atoms with E-state index in [9.17, 15) is 4.79 Å². The second kappa shape index (κ2) is 11.0. The predicted molar refractivity (Wildman–Crippen MR) is 117 cm³/mol. The van der Waals surface area contributed by atoms with E-state index in [4.69, 9.17) is 0 Å². The third-order valence-corrected chi connectivity index (χ3v) is 5.89. The monoisotopic (exact) mass is 397 g/mol. The molecule has 1 aromatic carbocycles. The highest BCUT2D eigenvalue weighted by Gasteiger charge is 2.17. The minimum Gasteiger partial charge on any atom is -0.338 e. The van der Waals surface area contributed by atoms with Crippen molar-refractivity contribution in [2.24, 2.45) is 0 Å². The summed E-state index contributed by atoms with van der Waals surface area (Å²) in [7, 11) is 2.22. The van der Waals surface area contributed by atoms with Gasteiger partial charge in [-0.05, 0) is 50.9 Å². The van der Waals surface area contributed by atoms with Gasteiger partial charge in [0.2, 0.25) is 0 Å². The molecule has 0 unspecified atom stereocenters. The average molecular weight is 398 g/mol. The fraction of sp³-hybridized carbons (Fsp3) is 0.565. The van der Waals surface area contributed by atoms with Gasteiger partial charge in [0.15, 0.2) is 0 Å². The number of amides is 2. The van der Waals surface area contributed by atoms with Crippen molar-refractivity contribution in [1.29, 1.82) is 0 Å². The van der Waals surface area contributed by atoms with Gasteiger partial charge in [0.1, 0.15) is 5.82 Å². The number of aromatic nitrogens is 2. The maximum Gasteiger partial charge on any atom is 0.315 e. The highest BCUT2D eigenvalue weighted by Crippen LogP contribution is 2.21. The molecule has 0 saturated heterocycles. The lowest BCUT2D eigenvalue weighted by molar-refractivity contribution is 0.189. The van der Waals surface area contributed by atoms with Gasteiger partial charge in [0.25, 0.3) is 0 Å². The number of hydrogen-bond donors (Lipinski definition) is 2. The molecule has 0 aliphatic heterocycles. The van der Waals surface area contributed by atoms with Crippen LogP contribution >= 0.6 is 0 Å². The van der Waals surface area contributed by atoms with Crippen molar-refractivity contribution in [1.82, 2.24) is 25.1 Å². The smallest absolute Gasteiger partial charge is 0.315 e. The van der Waals surface area contributed by atoms with Crippen LogP contribution in [0.15, 0.2) is 36.7 Å². The molecular weight excluding hydrogens is 362 g/mol. The fourth-order valence-electron chi connectivity index (χ4n) is 4.09. The van der Waals surface area contributed by atoms with E-state index >= 15 is 0 Å². The summed E-state index contributed by atoms with van der Waals surface area (Å²) >= 11 is 0. The van der Waals surface area contributed by atoms with Crippen molar-refractivity contribution in [2.45, 2.75) is 64.6 Å². The van der Waals surface area contributed by atoms with Gasteiger partial charge >= 0.3 is 6.03 Å². The molecule has 2 aromatic rings. The van der Waals surface area contributed by atoms with Gasteiger partial charge in [-0.25, -0.2) is 9.78 Å². The van der Waals surface area contributed by atoms with E-state index in [2.05, 4.69) is 44.3 Å². The molecule has 0 spiro atoms. The average Bonchev–Trinajstić information content (AvgIpc) is 3.15. The van der Waals surface area contributed by atoms with Crippen LogP contribution in [0.2, 0.25) is 0 Å². The van der Waals surface area contributed by atoms with E-state index in [1.165, 1.54) is 37.7 Å². The minimum absolute atomic E-state index is 0.0961. The first kappa shape index (κ1) is 21.4. The number of nitrogens with zero attached hydrogens (tertiary/aromatic N) is 3. The second-order valence-electron chi connectivity index (χ2n) is 8.16. The SMILES string of the molecule is Cc1nccn1Cc1cccc(CNC(=O)NCCCN(C)C2CCCCC2)c1. The molecule has 1 fully saturated rings. The third kappa shape index (κ3) is 6.89. The highest BCUT2D eigenvalue weighted by molar-refractivity contribution is 5.73. The molecule has 29 heavy (non-hydrogen) atoms. The Morgan fingerprint density at radius 3 is 2.76 bits per heavy atom. The zero-order chi connectivity index (χ0) is 20.5. The summed E-state index contributed by atoms with van der Waals surface area (Å²) in [6.07, 6.45) is 11.5. The van der Waals surface area contributed by atoms with E-state index in [1.807, 2.05) is 31.5 Å². The Morgan fingerprint density at radius 1 is 1.21 bits per heavy atom. The van der Waals surface area contributed by atoms with Crippen LogP contribution in [0.4, 0.5) is 4.79 Å².